The number of carbonyl (C=O) groups is 1. The maximum Gasteiger partial charge on any atom is 0.252 e. The number of amides is 1. The van der Waals surface area contributed by atoms with E-state index >= 15 is 0 Å². The van der Waals surface area contributed by atoms with Crippen molar-refractivity contribution in [2.45, 2.75) is 13.3 Å². The van der Waals surface area contributed by atoms with Crippen LogP contribution in [0, 0.1) is 6.92 Å². The number of nitrogens with one attached hydrogen (secondary N) is 2. The van der Waals surface area contributed by atoms with Crippen LogP contribution in [0.3, 0.4) is 0 Å². The standard InChI is InChI=1S/C21H21N3O/c1-16-6-5-9-19(14-16)24-20-11-10-18(15-23-20)21(25)22-13-12-17-7-3-2-4-8-17/h2-11,14-15H,12-13H2,1H3,(H,22,25)(H,23,24). The second-order valence-corrected chi connectivity index (χ2v) is 5.92. The van der Waals surface area contributed by atoms with Crippen molar-refractivity contribution in [2.24, 2.45) is 0 Å². The van der Waals surface area contributed by atoms with Gasteiger partial charge in [-0.1, -0.05) is 42.5 Å². The minimum absolute atomic E-state index is 0.106. The van der Waals surface area contributed by atoms with E-state index in [2.05, 4.69) is 27.8 Å². The SMILES string of the molecule is Cc1cccc(Nc2ccc(C(=O)NCCc3ccccc3)cn2)c1. The van der Waals surface area contributed by atoms with Gasteiger partial charge in [0, 0.05) is 18.4 Å². The predicted molar refractivity (Wildman–Crippen MR) is 101 cm³/mol. The maximum atomic E-state index is 12.2. The minimum atomic E-state index is -0.106. The quantitative estimate of drug-likeness (QED) is 0.715. The monoisotopic (exact) mass is 331 g/mol. The smallest absolute Gasteiger partial charge is 0.252 e. The highest BCUT2D eigenvalue weighted by Crippen LogP contribution is 2.15. The first kappa shape index (κ1) is 16.7. The minimum Gasteiger partial charge on any atom is -0.352 e. The van der Waals surface area contributed by atoms with Crippen LogP contribution in [-0.2, 0) is 6.42 Å². The van der Waals surface area contributed by atoms with E-state index < -0.39 is 0 Å². The van der Waals surface area contributed by atoms with Crippen molar-refractivity contribution in [3.05, 3.63) is 89.6 Å². The molecule has 4 nitrogen and oxygen atoms in total. The first-order valence-electron chi connectivity index (χ1n) is 8.32. The molecule has 0 saturated carbocycles. The second-order valence-electron chi connectivity index (χ2n) is 5.92. The number of nitrogens with zero attached hydrogens (tertiary/aromatic N) is 1. The zero-order valence-corrected chi connectivity index (χ0v) is 14.2. The van der Waals surface area contributed by atoms with Gasteiger partial charge in [0.15, 0.2) is 0 Å². The average Bonchev–Trinajstić information content (AvgIpc) is 2.63. The van der Waals surface area contributed by atoms with Crippen molar-refractivity contribution in [3.8, 4) is 0 Å². The molecule has 0 aliphatic rings. The Balaban J connectivity index is 1.53. The van der Waals surface area contributed by atoms with Gasteiger partial charge in [0.05, 0.1) is 5.56 Å². The Kier molecular flexibility index (Phi) is 5.42. The maximum absolute atomic E-state index is 12.2. The molecule has 0 saturated heterocycles. The van der Waals surface area contributed by atoms with Crippen molar-refractivity contribution < 1.29 is 4.79 Å². The van der Waals surface area contributed by atoms with Crippen LogP contribution in [0.5, 0.6) is 0 Å². The molecule has 1 heterocycles. The van der Waals surface area contributed by atoms with Crippen LogP contribution in [0.1, 0.15) is 21.5 Å². The number of anilines is 2. The van der Waals surface area contributed by atoms with Crippen molar-refractivity contribution in [3.63, 3.8) is 0 Å². The van der Waals surface area contributed by atoms with Crippen LogP contribution >= 0.6 is 0 Å². The molecule has 0 atom stereocenters. The number of aryl methyl sites for hydroxylation is 1. The molecule has 0 aliphatic carbocycles. The van der Waals surface area contributed by atoms with Crippen LogP contribution in [0.4, 0.5) is 11.5 Å². The molecule has 0 fully saturated rings. The number of carbonyl (C=O) groups excluding carboxylic acids is 1. The molecule has 0 radical (unpaired) electrons. The molecule has 2 N–H and O–H groups in total. The number of hydrogen-bond donors (Lipinski definition) is 2. The summed E-state index contributed by atoms with van der Waals surface area (Å²) in [5, 5.41) is 6.16. The van der Waals surface area contributed by atoms with Crippen molar-refractivity contribution >= 4 is 17.4 Å². The third kappa shape index (κ3) is 4.91. The van der Waals surface area contributed by atoms with E-state index in [-0.39, 0.29) is 5.91 Å². The van der Waals surface area contributed by atoms with Crippen LogP contribution in [0.2, 0.25) is 0 Å². The number of aromatic nitrogens is 1. The van der Waals surface area contributed by atoms with Gasteiger partial charge in [-0.25, -0.2) is 4.98 Å². The molecule has 4 heteroatoms. The number of hydrogen-bond acceptors (Lipinski definition) is 3. The lowest BCUT2D eigenvalue weighted by Crippen LogP contribution is -2.25. The molecular formula is C21H21N3O. The highest BCUT2D eigenvalue weighted by atomic mass is 16.1. The largest absolute Gasteiger partial charge is 0.352 e. The highest BCUT2D eigenvalue weighted by Gasteiger charge is 2.06. The summed E-state index contributed by atoms with van der Waals surface area (Å²) in [5.41, 5.74) is 3.92. The van der Waals surface area contributed by atoms with E-state index in [4.69, 9.17) is 0 Å². The van der Waals surface area contributed by atoms with Crippen LogP contribution in [0.25, 0.3) is 0 Å². The molecule has 0 spiro atoms. The summed E-state index contributed by atoms with van der Waals surface area (Å²) in [6.07, 6.45) is 2.41. The predicted octanol–water partition coefficient (Wildman–Crippen LogP) is 4.11. The molecule has 126 valence electrons. The second kappa shape index (κ2) is 8.11. The lowest BCUT2D eigenvalue weighted by Gasteiger charge is -2.08. The first-order valence-corrected chi connectivity index (χ1v) is 8.32. The van der Waals surface area contributed by atoms with Crippen LogP contribution < -0.4 is 10.6 Å². The molecule has 3 rings (SSSR count). The van der Waals surface area contributed by atoms with E-state index in [1.54, 1.807) is 12.3 Å². The van der Waals surface area contributed by atoms with Crippen molar-refractivity contribution in [1.82, 2.24) is 10.3 Å². The summed E-state index contributed by atoms with van der Waals surface area (Å²) >= 11 is 0. The van der Waals surface area contributed by atoms with E-state index in [9.17, 15) is 4.79 Å². The Morgan fingerprint density at radius 1 is 1.00 bits per heavy atom. The molecule has 1 amide bonds. The van der Waals surface area contributed by atoms with E-state index in [0.29, 0.717) is 17.9 Å². The Hall–Kier alpha value is -3.14. The summed E-state index contributed by atoms with van der Waals surface area (Å²) in [5.74, 6) is 0.608. The molecule has 0 unspecified atom stereocenters. The van der Waals surface area contributed by atoms with Gasteiger partial charge in [-0.15, -0.1) is 0 Å². The zero-order chi connectivity index (χ0) is 17.5. The average molecular weight is 331 g/mol. The number of benzene rings is 2. The van der Waals surface area contributed by atoms with E-state index in [1.807, 2.05) is 55.5 Å². The van der Waals surface area contributed by atoms with Gasteiger partial charge in [-0.2, -0.15) is 0 Å². The van der Waals surface area contributed by atoms with Gasteiger partial charge in [0.2, 0.25) is 0 Å². The number of rotatable bonds is 6. The molecule has 25 heavy (non-hydrogen) atoms. The topological polar surface area (TPSA) is 54.0 Å². The Labute approximate surface area is 147 Å². The fourth-order valence-electron chi connectivity index (χ4n) is 2.54. The fraction of sp³-hybridized carbons (Fsp3) is 0.143. The number of pyridine rings is 1. The van der Waals surface area contributed by atoms with Gasteiger partial charge >= 0.3 is 0 Å². The van der Waals surface area contributed by atoms with Crippen molar-refractivity contribution in [2.75, 3.05) is 11.9 Å². The lowest BCUT2D eigenvalue weighted by molar-refractivity contribution is 0.0954. The van der Waals surface area contributed by atoms with Gasteiger partial charge in [-0.05, 0) is 48.7 Å². The molecule has 1 aromatic heterocycles. The Morgan fingerprint density at radius 3 is 2.56 bits per heavy atom. The van der Waals surface area contributed by atoms with Crippen LogP contribution in [0.15, 0.2) is 72.9 Å². The van der Waals surface area contributed by atoms with E-state index in [1.165, 1.54) is 11.1 Å². The molecule has 3 aromatic rings. The summed E-state index contributed by atoms with van der Waals surface area (Å²) in [4.78, 5) is 16.5. The third-order valence-corrected chi connectivity index (χ3v) is 3.86. The summed E-state index contributed by atoms with van der Waals surface area (Å²) < 4.78 is 0. The summed E-state index contributed by atoms with van der Waals surface area (Å²) in [6, 6.07) is 21.8. The highest BCUT2D eigenvalue weighted by molar-refractivity contribution is 5.94. The fourth-order valence-corrected chi connectivity index (χ4v) is 2.54. The molecule has 0 aliphatic heterocycles. The van der Waals surface area contributed by atoms with Crippen LogP contribution in [-0.4, -0.2) is 17.4 Å². The lowest BCUT2D eigenvalue weighted by atomic mass is 10.1. The van der Waals surface area contributed by atoms with Crippen molar-refractivity contribution in [1.29, 1.82) is 0 Å². The Morgan fingerprint density at radius 2 is 1.84 bits per heavy atom. The summed E-state index contributed by atoms with van der Waals surface area (Å²) in [6.45, 7) is 2.65. The molecule has 0 bridgehead atoms. The van der Waals surface area contributed by atoms with Gasteiger partial charge in [-0.3, -0.25) is 4.79 Å². The van der Waals surface area contributed by atoms with E-state index in [0.717, 1.165) is 12.1 Å². The molecule has 2 aromatic carbocycles. The van der Waals surface area contributed by atoms with Gasteiger partial charge in [0.1, 0.15) is 5.82 Å². The molecular weight excluding hydrogens is 310 g/mol. The van der Waals surface area contributed by atoms with Gasteiger partial charge in [0.25, 0.3) is 5.91 Å². The Bertz CT molecular complexity index is 829. The summed E-state index contributed by atoms with van der Waals surface area (Å²) in [7, 11) is 0. The van der Waals surface area contributed by atoms with Gasteiger partial charge < -0.3 is 10.6 Å². The first-order chi connectivity index (χ1) is 12.2. The normalized spacial score (nSPS) is 10.3. The third-order valence-electron chi connectivity index (χ3n) is 3.86. The zero-order valence-electron chi connectivity index (χ0n) is 14.2.